The van der Waals surface area contributed by atoms with E-state index in [2.05, 4.69) is 72.0 Å². The van der Waals surface area contributed by atoms with E-state index < -0.39 is 26.7 Å². The predicted octanol–water partition coefficient (Wildman–Crippen LogP) is 8.29. The molecule has 0 aromatic carbocycles. The zero-order chi connectivity index (χ0) is 21.7. The second kappa shape index (κ2) is 11.0. The van der Waals surface area contributed by atoms with Gasteiger partial charge in [0.25, 0.3) is 0 Å². The Hall–Kier alpha value is 0.676. The first-order valence-electron chi connectivity index (χ1n) is 12.4. The summed E-state index contributed by atoms with van der Waals surface area (Å²) in [5.74, 6) is 0. The van der Waals surface area contributed by atoms with Crippen LogP contribution in [0.3, 0.4) is 0 Å². The van der Waals surface area contributed by atoms with Crippen LogP contribution in [0.5, 0.6) is 0 Å². The normalized spacial score (nSPS) is 17.7. The van der Waals surface area contributed by atoms with Gasteiger partial charge in [0.15, 0.2) is 0 Å². The van der Waals surface area contributed by atoms with E-state index in [1.54, 1.807) is 23.8 Å². The molecule has 2 rings (SSSR count). The van der Waals surface area contributed by atoms with Crippen LogP contribution in [-0.4, -0.2) is 32.8 Å². The first-order valence-corrected chi connectivity index (χ1v) is 23.6. The van der Waals surface area contributed by atoms with E-state index in [-0.39, 0.29) is 0 Å². The fourth-order valence-corrected chi connectivity index (χ4v) is 26.5. The van der Waals surface area contributed by atoms with Gasteiger partial charge in [-0.3, -0.25) is 0 Å². The van der Waals surface area contributed by atoms with Gasteiger partial charge in [-0.1, -0.05) is 0 Å². The topological polar surface area (TPSA) is 9.23 Å². The van der Waals surface area contributed by atoms with Crippen molar-refractivity contribution < 1.29 is 4.43 Å². The van der Waals surface area contributed by atoms with Gasteiger partial charge in [-0.2, -0.15) is 0 Å². The van der Waals surface area contributed by atoms with Gasteiger partial charge in [0, 0.05) is 0 Å². The number of hydrogen-bond acceptors (Lipinski definition) is 2. The van der Waals surface area contributed by atoms with Crippen molar-refractivity contribution in [2.45, 2.75) is 130 Å². The van der Waals surface area contributed by atoms with Crippen LogP contribution in [0.4, 0.5) is 0 Å². The third-order valence-electron chi connectivity index (χ3n) is 7.57. The zero-order valence-corrected chi connectivity index (χ0v) is 25.4. The molecule has 0 spiro atoms. The zero-order valence-electron chi connectivity index (χ0n) is 20.7. The Morgan fingerprint density at radius 2 is 1.48 bits per heavy atom. The van der Waals surface area contributed by atoms with Crippen molar-refractivity contribution in [3.63, 3.8) is 0 Å². The molecular weight excluding hydrogens is 495 g/mol. The van der Waals surface area contributed by atoms with E-state index in [0.717, 1.165) is 0 Å². The van der Waals surface area contributed by atoms with Crippen molar-refractivity contribution in [2.75, 3.05) is 0 Å². The van der Waals surface area contributed by atoms with Crippen molar-refractivity contribution >= 4 is 40.9 Å². The van der Waals surface area contributed by atoms with Crippen molar-refractivity contribution in [1.29, 1.82) is 0 Å². The van der Waals surface area contributed by atoms with Crippen molar-refractivity contribution in [3.8, 4) is 0 Å². The minimum atomic E-state index is -2.25. The fourth-order valence-electron chi connectivity index (χ4n) is 4.56. The molecule has 0 radical (unpaired) electrons. The molecule has 1 aromatic rings. The molecule has 1 aromatic heterocycles. The summed E-state index contributed by atoms with van der Waals surface area (Å²) in [6.07, 6.45) is 11.3. The van der Waals surface area contributed by atoms with Gasteiger partial charge in [-0.05, 0) is 0 Å². The quantitative estimate of drug-likeness (QED) is 0.241. The fraction of sp³-hybridized carbons (Fsp3) is 0.840. The van der Waals surface area contributed by atoms with Gasteiger partial charge in [-0.25, -0.2) is 0 Å². The molecule has 0 fully saturated rings. The molecule has 0 aliphatic heterocycles. The van der Waals surface area contributed by atoms with Gasteiger partial charge in [0.2, 0.25) is 0 Å². The SMILES string of the molecule is CCC[CH2][Sn]([CH2]CCC)([CH2]CCC)[c]1cc2c(s1)CC(O[Si](C)(C)C(C)(C)C)C2. The number of rotatable bonds is 12. The van der Waals surface area contributed by atoms with Gasteiger partial charge in [0.05, 0.1) is 0 Å². The van der Waals surface area contributed by atoms with E-state index in [4.69, 9.17) is 4.43 Å². The molecule has 1 atom stereocenters. The van der Waals surface area contributed by atoms with E-state index in [9.17, 15) is 0 Å². The average molecular weight is 544 g/mol. The summed E-state index contributed by atoms with van der Waals surface area (Å²) in [6, 6.07) is 2.71. The van der Waals surface area contributed by atoms with Crippen LogP contribution in [-0.2, 0) is 17.3 Å². The Labute approximate surface area is 191 Å². The molecule has 29 heavy (non-hydrogen) atoms. The number of fused-ring (bicyclic) bond motifs is 1. The average Bonchev–Trinajstić information content (AvgIpc) is 3.19. The third-order valence-corrected chi connectivity index (χ3v) is 31.5. The van der Waals surface area contributed by atoms with Gasteiger partial charge in [-0.15, -0.1) is 0 Å². The molecule has 1 heterocycles. The second-order valence-electron chi connectivity index (χ2n) is 11.1. The standard InChI is InChI=1S/C13H21OSSi.3C4H9.Sn/c1-13(2,3)16(4,5)14-11-8-10-6-7-15-12(10)9-11;3*1-3-4-2;/h6,11H,8-9H2,1-5H3;3*1,3-4H2,2H3;. The first kappa shape index (κ1) is 25.9. The Morgan fingerprint density at radius 1 is 0.966 bits per heavy atom. The Kier molecular flexibility index (Phi) is 9.84. The summed E-state index contributed by atoms with van der Waals surface area (Å²) < 4.78 is 13.5. The van der Waals surface area contributed by atoms with Crippen molar-refractivity contribution in [1.82, 2.24) is 0 Å². The van der Waals surface area contributed by atoms with Gasteiger partial charge < -0.3 is 0 Å². The Bertz CT molecular complexity index is 586. The molecular formula is C25H48OSSiSn. The molecule has 1 unspecified atom stereocenters. The number of thiophene rings is 1. The number of unbranched alkanes of at least 4 members (excludes halogenated alkanes) is 3. The predicted molar refractivity (Wildman–Crippen MR) is 138 cm³/mol. The molecule has 1 nitrogen and oxygen atoms in total. The molecule has 1 aliphatic carbocycles. The molecule has 4 heteroatoms. The maximum absolute atomic E-state index is 6.79. The van der Waals surface area contributed by atoms with Crippen LogP contribution in [0.25, 0.3) is 0 Å². The van der Waals surface area contributed by atoms with Gasteiger partial charge >= 0.3 is 192 Å². The molecule has 0 bridgehead atoms. The van der Waals surface area contributed by atoms with Crippen LogP contribution in [0, 0.1) is 0 Å². The Morgan fingerprint density at radius 3 is 1.90 bits per heavy atom. The van der Waals surface area contributed by atoms with E-state index in [0.29, 0.717) is 11.1 Å². The van der Waals surface area contributed by atoms with Crippen molar-refractivity contribution in [2.24, 2.45) is 0 Å². The maximum atomic E-state index is 6.79. The summed E-state index contributed by atoms with van der Waals surface area (Å²) in [5.41, 5.74) is 1.67. The van der Waals surface area contributed by atoms with E-state index in [1.165, 1.54) is 51.4 Å². The summed E-state index contributed by atoms with van der Waals surface area (Å²) in [6.45, 7) is 19.0. The first-order chi connectivity index (χ1) is 13.6. The summed E-state index contributed by atoms with van der Waals surface area (Å²) >= 11 is -0.00349. The number of hydrogen-bond donors (Lipinski definition) is 0. The third kappa shape index (κ3) is 6.58. The van der Waals surface area contributed by atoms with Gasteiger partial charge in [0.1, 0.15) is 0 Å². The monoisotopic (exact) mass is 544 g/mol. The molecule has 0 saturated heterocycles. The van der Waals surface area contributed by atoms with Crippen molar-refractivity contribution in [3.05, 3.63) is 16.5 Å². The molecule has 0 amide bonds. The summed E-state index contributed by atoms with van der Waals surface area (Å²) in [7, 11) is -1.67. The minimum absolute atomic E-state index is 0.306. The summed E-state index contributed by atoms with van der Waals surface area (Å²) in [5, 5.41) is 0.306. The van der Waals surface area contributed by atoms with E-state index in [1.807, 2.05) is 2.89 Å². The Balaban J connectivity index is 2.19. The van der Waals surface area contributed by atoms with Crippen LogP contribution in [0.2, 0.25) is 31.4 Å². The molecule has 0 N–H and O–H groups in total. The van der Waals surface area contributed by atoms with Crippen LogP contribution >= 0.6 is 11.3 Å². The molecule has 1 aliphatic rings. The second-order valence-corrected chi connectivity index (χ2v) is 31.1. The molecule has 0 saturated carbocycles. The van der Waals surface area contributed by atoms with Crippen LogP contribution in [0.15, 0.2) is 6.07 Å². The molecule has 168 valence electrons. The van der Waals surface area contributed by atoms with Crippen LogP contribution < -0.4 is 2.89 Å². The van der Waals surface area contributed by atoms with E-state index >= 15 is 0 Å². The van der Waals surface area contributed by atoms with Crippen LogP contribution in [0.1, 0.15) is 90.5 Å². The summed E-state index contributed by atoms with van der Waals surface area (Å²) in [4.78, 5) is 1.69.